The first kappa shape index (κ1) is 20.8. The summed E-state index contributed by atoms with van der Waals surface area (Å²) in [4.78, 5) is 23.8. The van der Waals surface area contributed by atoms with E-state index in [0.717, 1.165) is 22.4 Å². The number of hydrogen-bond donors (Lipinski definition) is 2. The van der Waals surface area contributed by atoms with E-state index in [1.54, 1.807) is 30.3 Å². The molecule has 0 aliphatic rings. The molecule has 3 aromatic carbocycles. The minimum absolute atomic E-state index is 0.318. The van der Waals surface area contributed by atoms with Crippen LogP contribution in [0.25, 0.3) is 17.3 Å². The Morgan fingerprint density at radius 1 is 0.938 bits per heavy atom. The van der Waals surface area contributed by atoms with Crippen LogP contribution in [0.3, 0.4) is 0 Å². The quantitative estimate of drug-likeness (QED) is 0.434. The summed E-state index contributed by atoms with van der Waals surface area (Å²) in [6.45, 7) is 0.626. The van der Waals surface area contributed by atoms with Crippen LogP contribution < -0.4 is 11.1 Å². The van der Waals surface area contributed by atoms with E-state index in [-0.39, 0.29) is 5.91 Å². The molecule has 4 aromatic rings. The minimum Gasteiger partial charge on any atom is -0.366 e. The van der Waals surface area contributed by atoms with Gasteiger partial charge in [-0.05, 0) is 29.8 Å². The van der Waals surface area contributed by atoms with E-state index in [4.69, 9.17) is 10.8 Å². The Morgan fingerprint density at radius 3 is 2.38 bits per heavy atom. The highest BCUT2D eigenvalue weighted by atomic mass is 16.1. The third-order valence-corrected chi connectivity index (χ3v) is 4.85. The SMILES string of the molecule is NC(=O)c1cccc(NC(=O)C=Cc2cn(Cc3ccccc3)nc2-c2ccccc2)c1. The molecule has 0 aliphatic heterocycles. The summed E-state index contributed by atoms with van der Waals surface area (Å²) in [5.41, 5.74) is 9.86. The lowest BCUT2D eigenvalue weighted by Crippen LogP contribution is -2.12. The van der Waals surface area contributed by atoms with Crippen LogP contribution in [0.15, 0.2) is 97.2 Å². The summed E-state index contributed by atoms with van der Waals surface area (Å²) in [5, 5.41) is 7.50. The van der Waals surface area contributed by atoms with Gasteiger partial charge in [0.25, 0.3) is 0 Å². The summed E-state index contributed by atoms with van der Waals surface area (Å²) in [6, 6.07) is 26.4. The fraction of sp³-hybridized carbons (Fsp3) is 0.0385. The number of primary amides is 1. The Hall–Kier alpha value is -4.45. The van der Waals surface area contributed by atoms with Crippen molar-refractivity contribution in [3.8, 4) is 11.3 Å². The normalized spacial score (nSPS) is 10.9. The maximum absolute atomic E-state index is 12.5. The molecule has 1 aromatic heterocycles. The molecule has 0 atom stereocenters. The highest BCUT2D eigenvalue weighted by molar-refractivity contribution is 6.03. The lowest BCUT2D eigenvalue weighted by atomic mass is 10.1. The number of nitrogens with zero attached hydrogens (tertiary/aromatic N) is 2. The van der Waals surface area contributed by atoms with Gasteiger partial charge in [-0.25, -0.2) is 0 Å². The van der Waals surface area contributed by atoms with Gasteiger partial charge in [0.2, 0.25) is 11.8 Å². The smallest absolute Gasteiger partial charge is 0.248 e. The van der Waals surface area contributed by atoms with Crippen molar-refractivity contribution >= 4 is 23.6 Å². The first-order chi connectivity index (χ1) is 15.6. The molecule has 0 radical (unpaired) electrons. The third-order valence-electron chi connectivity index (χ3n) is 4.85. The molecule has 0 aliphatic carbocycles. The Morgan fingerprint density at radius 2 is 1.66 bits per heavy atom. The molecule has 6 heteroatoms. The van der Waals surface area contributed by atoms with E-state index < -0.39 is 5.91 Å². The fourth-order valence-electron chi connectivity index (χ4n) is 3.33. The minimum atomic E-state index is -0.546. The van der Waals surface area contributed by atoms with Crippen LogP contribution >= 0.6 is 0 Å². The summed E-state index contributed by atoms with van der Waals surface area (Å²) < 4.78 is 1.87. The number of carbonyl (C=O) groups excluding carboxylic acids is 2. The number of nitrogens with one attached hydrogen (secondary N) is 1. The number of rotatable bonds is 7. The predicted molar refractivity (Wildman–Crippen MR) is 126 cm³/mol. The van der Waals surface area contributed by atoms with E-state index in [9.17, 15) is 9.59 Å². The molecule has 32 heavy (non-hydrogen) atoms. The topological polar surface area (TPSA) is 90.0 Å². The van der Waals surface area contributed by atoms with Gasteiger partial charge >= 0.3 is 0 Å². The van der Waals surface area contributed by atoms with Gasteiger partial charge in [-0.15, -0.1) is 0 Å². The van der Waals surface area contributed by atoms with Crippen molar-refractivity contribution in [1.29, 1.82) is 0 Å². The second-order valence-corrected chi connectivity index (χ2v) is 7.25. The number of nitrogens with two attached hydrogens (primary N) is 1. The molecular formula is C26H22N4O2. The van der Waals surface area contributed by atoms with Crippen molar-refractivity contribution in [3.05, 3.63) is 114 Å². The van der Waals surface area contributed by atoms with Gasteiger partial charge in [-0.3, -0.25) is 14.3 Å². The predicted octanol–water partition coefficient (Wildman–Crippen LogP) is 4.35. The van der Waals surface area contributed by atoms with E-state index in [1.165, 1.54) is 6.08 Å². The van der Waals surface area contributed by atoms with Gasteiger partial charge in [0.1, 0.15) is 0 Å². The number of hydrogen-bond acceptors (Lipinski definition) is 3. The largest absolute Gasteiger partial charge is 0.366 e. The number of benzene rings is 3. The zero-order valence-electron chi connectivity index (χ0n) is 17.3. The Labute approximate surface area is 186 Å². The first-order valence-corrected chi connectivity index (χ1v) is 10.1. The number of amides is 2. The molecule has 1 heterocycles. The zero-order chi connectivity index (χ0) is 22.3. The molecule has 4 rings (SSSR count). The molecular weight excluding hydrogens is 400 g/mol. The second kappa shape index (κ2) is 9.57. The van der Waals surface area contributed by atoms with Gasteiger partial charge in [-0.2, -0.15) is 5.10 Å². The maximum atomic E-state index is 12.5. The zero-order valence-corrected chi connectivity index (χ0v) is 17.3. The van der Waals surface area contributed by atoms with E-state index in [1.807, 2.05) is 71.5 Å². The molecule has 0 spiro atoms. The molecule has 0 unspecified atom stereocenters. The summed E-state index contributed by atoms with van der Waals surface area (Å²) in [5.74, 6) is -0.864. The van der Waals surface area contributed by atoms with Crippen LogP contribution in [-0.2, 0) is 11.3 Å². The number of aromatic nitrogens is 2. The molecule has 158 valence electrons. The van der Waals surface area contributed by atoms with Gasteiger partial charge in [0, 0.05) is 34.7 Å². The van der Waals surface area contributed by atoms with Crippen LogP contribution in [0.5, 0.6) is 0 Å². The number of carbonyl (C=O) groups is 2. The molecule has 0 fully saturated rings. The van der Waals surface area contributed by atoms with Crippen LogP contribution in [0.1, 0.15) is 21.5 Å². The highest BCUT2D eigenvalue weighted by Crippen LogP contribution is 2.23. The summed E-state index contributed by atoms with van der Waals surface area (Å²) in [6.07, 6.45) is 5.12. The van der Waals surface area contributed by atoms with Crippen molar-refractivity contribution in [2.45, 2.75) is 6.54 Å². The van der Waals surface area contributed by atoms with Crippen molar-refractivity contribution in [1.82, 2.24) is 9.78 Å². The second-order valence-electron chi connectivity index (χ2n) is 7.25. The lowest BCUT2D eigenvalue weighted by molar-refractivity contribution is -0.111. The first-order valence-electron chi connectivity index (χ1n) is 10.1. The van der Waals surface area contributed by atoms with E-state index >= 15 is 0 Å². The summed E-state index contributed by atoms with van der Waals surface area (Å²) >= 11 is 0. The Kier molecular flexibility index (Phi) is 6.22. The molecule has 2 amide bonds. The van der Waals surface area contributed by atoms with E-state index in [0.29, 0.717) is 17.8 Å². The fourth-order valence-corrected chi connectivity index (χ4v) is 3.33. The van der Waals surface area contributed by atoms with Crippen LogP contribution in [-0.4, -0.2) is 21.6 Å². The van der Waals surface area contributed by atoms with Gasteiger partial charge in [0.15, 0.2) is 0 Å². The Bertz CT molecular complexity index is 1260. The van der Waals surface area contributed by atoms with Crippen molar-refractivity contribution in [2.24, 2.45) is 5.73 Å². The molecule has 0 saturated carbocycles. The maximum Gasteiger partial charge on any atom is 0.248 e. The van der Waals surface area contributed by atoms with Gasteiger partial charge in [-0.1, -0.05) is 66.7 Å². The van der Waals surface area contributed by atoms with Crippen molar-refractivity contribution in [2.75, 3.05) is 5.32 Å². The molecule has 0 bridgehead atoms. The van der Waals surface area contributed by atoms with E-state index in [2.05, 4.69) is 5.32 Å². The average Bonchev–Trinajstić information content (AvgIpc) is 3.21. The van der Waals surface area contributed by atoms with Crippen molar-refractivity contribution < 1.29 is 9.59 Å². The van der Waals surface area contributed by atoms with Crippen LogP contribution in [0.2, 0.25) is 0 Å². The molecule has 3 N–H and O–H groups in total. The Balaban J connectivity index is 1.57. The standard InChI is InChI=1S/C26H22N4O2/c27-26(32)21-12-7-13-23(16-21)28-24(31)15-14-22-18-30(17-19-8-3-1-4-9-19)29-25(22)20-10-5-2-6-11-20/h1-16,18H,17H2,(H2,27,32)(H,28,31). The van der Waals surface area contributed by atoms with Crippen molar-refractivity contribution in [3.63, 3.8) is 0 Å². The lowest BCUT2D eigenvalue weighted by Gasteiger charge is -2.03. The average molecular weight is 422 g/mol. The monoisotopic (exact) mass is 422 g/mol. The van der Waals surface area contributed by atoms with Crippen LogP contribution in [0.4, 0.5) is 5.69 Å². The third kappa shape index (κ3) is 5.17. The van der Waals surface area contributed by atoms with Crippen LogP contribution in [0, 0.1) is 0 Å². The van der Waals surface area contributed by atoms with Gasteiger partial charge in [0.05, 0.1) is 12.2 Å². The number of anilines is 1. The highest BCUT2D eigenvalue weighted by Gasteiger charge is 2.10. The molecule has 6 nitrogen and oxygen atoms in total. The van der Waals surface area contributed by atoms with Gasteiger partial charge < -0.3 is 11.1 Å². The molecule has 0 saturated heterocycles. The summed E-state index contributed by atoms with van der Waals surface area (Å²) in [7, 11) is 0.